The second-order valence-electron chi connectivity index (χ2n) is 3.28. The Bertz CT molecular complexity index is 243. The van der Waals surface area contributed by atoms with Gasteiger partial charge in [0.25, 0.3) is 10.1 Å². The van der Waals surface area contributed by atoms with Crippen molar-refractivity contribution in [2.45, 2.75) is 25.0 Å². The van der Waals surface area contributed by atoms with E-state index in [1.807, 2.05) is 0 Å². The molecule has 0 amide bonds. The molecule has 0 bridgehead atoms. The zero-order valence-electron chi connectivity index (χ0n) is 7.60. The Morgan fingerprint density at radius 1 is 1.54 bits per heavy atom. The molecule has 78 valence electrons. The van der Waals surface area contributed by atoms with Gasteiger partial charge in [0, 0.05) is 6.04 Å². The van der Waals surface area contributed by atoms with Crippen LogP contribution in [0.1, 0.15) is 12.8 Å². The molecule has 0 aromatic carbocycles. The van der Waals surface area contributed by atoms with Crippen molar-refractivity contribution >= 4 is 10.1 Å². The lowest BCUT2D eigenvalue weighted by molar-refractivity contribution is -0.0183. The summed E-state index contributed by atoms with van der Waals surface area (Å²) in [6, 6.07) is 0.0782. The smallest absolute Gasteiger partial charge is 0.264 e. The molecule has 13 heavy (non-hydrogen) atoms. The maximum absolute atomic E-state index is 10.6. The van der Waals surface area contributed by atoms with Crippen LogP contribution in [-0.2, 0) is 19.0 Å². The molecule has 0 spiro atoms. The van der Waals surface area contributed by atoms with E-state index >= 15 is 0 Å². The highest BCUT2D eigenvalue weighted by atomic mass is 32.2. The van der Waals surface area contributed by atoms with Crippen LogP contribution in [0.4, 0.5) is 0 Å². The Balaban J connectivity index is 2.24. The summed E-state index contributed by atoms with van der Waals surface area (Å²) in [7, 11) is -3.35. The standard InChI is InChI=1S/C7H15NO4S/c1-13(9,10)12-5-7-3-2-6(8)4-11-7/h6-7H,2-5,8H2,1H3/t6-,7+/m1/s1. The quantitative estimate of drug-likeness (QED) is 0.632. The predicted molar refractivity (Wildman–Crippen MR) is 47.7 cm³/mol. The fraction of sp³-hybridized carbons (Fsp3) is 1.00. The molecule has 2 atom stereocenters. The van der Waals surface area contributed by atoms with Gasteiger partial charge >= 0.3 is 0 Å². The molecule has 0 aliphatic carbocycles. The molecule has 0 aromatic rings. The third-order valence-electron chi connectivity index (χ3n) is 1.87. The highest BCUT2D eigenvalue weighted by molar-refractivity contribution is 7.85. The van der Waals surface area contributed by atoms with Crippen molar-refractivity contribution in [2.24, 2.45) is 5.73 Å². The first-order valence-electron chi connectivity index (χ1n) is 4.19. The second kappa shape index (κ2) is 4.36. The minimum Gasteiger partial charge on any atom is -0.374 e. The zero-order valence-corrected chi connectivity index (χ0v) is 8.42. The van der Waals surface area contributed by atoms with Gasteiger partial charge in [0.2, 0.25) is 0 Å². The fourth-order valence-electron chi connectivity index (χ4n) is 1.16. The van der Waals surface area contributed by atoms with Crippen LogP contribution in [0.15, 0.2) is 0 Å². The molecule has 0 radical (unpaired) electrons. The first-order valence-corrected chi connectivity index (χ1v) is 6.00. The van der Waals surface area contributed by atoms with Gasteiger partial charge in [-0.2, -0.15) is 8.42 Å². The SMILES string of the molecule is CS(=O)(=O)OC[C@@H]1CC[C@@H](N)CO1. The molecule has 5 nitrogen and oxygen atoms in total. The van der Waals surface area contributed by atoms with Gasteiger partial charge < -0.3 is 10.5 Å². The van der Waals surface area contributed by atoms with Crippen LogP contribution in [0.3, 0.4) is 0 Å². The van der Waals surface area contributed by atoms with Crippen molar-refractivity contribution < 1.29 is 17.3 Å². The van der Waals surface area contributed by atoms with E-state index in [0.717, 1.165) is 19.1 Å². The van der Waals surface area contributed by atoms with Crippen LogP contribution in [-0.4, -0.2) is 40.0 Å². The third-order valence-corrected chi connectivity index (χ3v) is 2.44. The zero-order chi connectivity index (χ0) is 9.90. The van der Waals surface area contributed by atoms with Crippen LogP contribution in [0.25, 0.3) is 0 Å². The lowest BCUT2D eigenvalue weighted by Gasteiger charge is -2.25. The van der Waals surface area contributed by atoms with E-state index in [4.69, 9.17) is 10.5 Å². The minimum atomic E-state index is -3.35. The van der Waals surface area contributed by atoms with Gasteiger partial charge in [-0.25, -0.2) is 0 Å². The summed E-state index contributed by atoms with van der Waals surface area (Å²) in [6.45, 7) is 0.587. The van der Waals surface area contributed by atoms with E-state index in [2.05, 4.69) is 4.18 Å². The van der Waals surface area contributed by atoms with Crippen molar-refractivity contribution in [3.8, 4) is 0 Å². The van der Waals surface area contributed by atoms with E-state index in [1.165, 1.54) is 0 Å². The summed E-state index contributed by atoms with van der Waals surface area (Å²) in [5, 5.41) is 0. The Kier molecular flexibility index (Phi) is 3.66. The van der Waals surface area contributed by atoms with Crippen LogP contribution in [0.2, 0.25) is 0 Å². The van der Waals surface area contributed by atoms with Crippen LogP contribution in [0, 0.1) is 0 Å². The number of hydrogen-bond donors (Lipinski definition) is 1. The number of hydrogen-bond acceptors (Lipinski definition) is 5. The summed E-state index contributed by atoms with van der Waals surface area (Å²) >= 11 is 0. The molecular weight excluding hydrogens is 194 g/mol. The molecular formula is C7H15NO4S. The van der Waals surface area contributed by atoms with Gasteiger partial charge in [0.1, 0.15) is 0 Å². The molecule has 1 aliphatic heterocycles. The highest BCUT2D eigenvalue weighted by Gasteiger charge is 2.20. The maximum atomic E-state index is 10.6. The van der Waals surface area contributed by atoms with E-state index in [-0.39, 0.29) is 18.8 Å². The summed E-state index contributed by atoms with van der Waals surface area (Å²) < 4.78 is 31.2. The number of ether oxygens (including phenoxy) is 1. The predicted octanol–water partition coefficient (Wildman–Crippen LogP) is -0.531. The largest absolute Gasteiger partial charge is 0.374 e. The van der Waals surface area contributed by atoms with E-state index in [9.17, 15) is 8.42 Å². The summed E-state index contributed by atoms with van der Waals surface area (Å²) in [5.74, 6) is 0. The molecule has 0 unspecified atom stereocenters. The van der Waals surface area contributed by atoms with Crippen LogP contribution in [0.5, 0.6) is 0 Å². The average Bonchev–Trinajstić information content (AvgIpc) is 2.02. The van der Waals surface area contributed by atoms with Gasteiger partial charge in [0.15, 0.2) is 0 Å². The summed E-state index contributed by atoms with van der Waals surface area (Å²) in [4.78, 5) is 0. The second-order valence-corrected chi connectivity index (χ2v) is 4.93. The average molecular weight is 209 g/mol. The molecule has 1 saturated heterocycles. The van der Waals surface area contributed by atoms with Gasteiger partial charge in [0.05, 0.1) is 25.6 Å². The molecule has 0 saturated carbocycles. The number of nitrogens with two attached hydrogens (primary N) is 1. The Morgan fingerprint density at radius 3 is 2.69 bits per heavy atom. The third kappa shape index (κ3) is 4.56. The Hall–Kier alpha value is -0.170. The maximum Gasteiger partial charge on any atom is 0.264 e. The normalized spacial score (nSPS) is 30.3. The van der Waals surface area contributed by atoms with Gasteiger partial charge in [-0.1, -0.05) is 0 Å². The minimum absolute atomic E-state index is 0.0782. The van der Waals surface area contributed by atoms with Crippen molar-refractivity contribution in [1.29, 1.82) is 0 Å². The van der Waals surface area contributed by atoms with Crippen molar-refractivity contribution in [3.05, 3.63) is 0 Å². The van der Waals surface area contributed by atoms with E-state index in [1.54, 1.807) is 0 Å². The van der Waals surface area contributed by atoms with Crippen LogP contribution < -0.4 is 5.73 Å². The lowest BCUT2D eigenvalue weighted by Crippen LogP contribution is -2.37. The molecule has 6 heteroatoms. The Morgan fingerprint density at radius 2 is 2.23 bits per heavy atom. The first-order chi connectivity index (χ1) is 5.97. The first kappa shape index (κ1) is 10.9. The molecule has 1 fully saturated rings. The topological polar surface area (TPSA) is 78.6 Å². The van der Waals surface area contributed by atoms with Crippen LogP contribution >= 0.6 is 0 Å². The van der Waals surface area contributed by atoms with Crippen molar-refractivity contribution in [1.82, 2.24) is 0 Å². The lowest BCUT2D eigenvalue weighted by atomic mass is 10.1. The fourth-order valence-corrected chi connectivity index (χ4v) is 1.56. The van der Waals surface area contributed by atoms with E-state index < -0.39 is 10.1 Å². The molecule has 1 rings (SSSR count). The highest BCUT2D eigenvalue weighted by Crippen LogP contribution is 2.12. The summed E-state index contributed by atoms with van der Waals surface area (Å²) in [5.41, 5.74) is 5.59. The number of rotatable bonds is 3. The van der Waals surface area contributed by atoms with Gasteiger partial charge in [-0.3, -0.25) is 4.18 Å². The molecule has 0 aromatic heterocycles. The molecule has 1 aliphatic rings. The molecule has 1 heterocycles. The van der Waals surface area contributed by atoms with E-state index in [0.29, 0.717) is 6.61 Å². The monoisotopic (exact) mass is 209 g/mol. The Labute approximate surface area is 78.3 Å². The van der Waals surface area contributed by atoms with Crippen molar-refractivity contribution in [3.63, 3.8) is 0 Å². The van der Waals surface area contributed by atoms with Gasteiger partial charge in [-0.05, 0) is 12.8 Å². The molecule has 2 N–H and O–H groups in total. The summed E-state index contributed by atoms with van der Waals surface area (Å²) in [6.07, 6.45) is 2.52. The van der Waals surface area contributed by atoms with Crippen molar-refractivity contribution in [2.75, 3.05) is 19.5 Å². The van der Waals surface area contributed by atoms with Gasteiger partial charge in [-0.15, -0.1) is 0 Å².